The van der Waals surface area contributed by atoms with Crippen LogP contribution in [0.5, 0.6) is 0 Å². The van der Waals surface area contributed by atoms with Gasteiger partial charge in [-0.2, -0.15) is 0 Å². The fourth-order valence-electron chi connectivity index (χ4n) is 3.02. The third-order valence-corrected chi connectivity index (χ3v) is 4.87. The van der Waals surface area contributed by atoms with Gasteiger partial charge in [-0.1, -0.05) is 30.3 Å². The van der Waals surface area contributed by atoms with Crippen molar-refractivity contribution in [1.82, 2.24) is 10.6 Å². The van der Waals surface area contributed by atoms with Gasteiger partial charge >= 0.3 is 5.97 Å². The van der Waals surface area contributed by atoms with E-state index in [0.29, 0.717) is 24.2 Å². The molecular formula is C23H24F2N2O4. The average molecular weight is 430 g/mol. The number of halogens is 2. The number of benzene rings is 2. The summed E-state index contributed by atoms with van der Waals surface area (Å²) in [4.78, 5) is 37.4. The van der Waals surface area contributed by atoms with Gasteiger partial charge in [-0.15, -0.1) is 0 Å². The van der Waals surface area contributed by atoms with Crippen molar-refractivity contribution in [3.63, 3.8) is 0 Å². The Balaban J connectivity index is 1.60. The minimum absolute atomic E-state index is 0.147. The molecule has 2 N–H and O–H groups in total. The second-order valence-corrected chi connectivity index (χ2v) is 7.67. The largest absolute Gasteiger partial charge is 0.464 e. The van der Waals surface area contributed by atoms with Crippen LogP contribution in [0.4, 0.5) is 8.78 Å². The quantitative estimate of drug-likeness (QED) is 0.600. The first kappa shape index (κ1) is 22.4. The highest BCUT2D eigenvalue weighted by atomic mass is 19.1. The molecule has 0 heterocycles. The van der Waals surface area contributed by atoms with Crippen LogP contribution in [0.3, 0.4) is 0 Å². The maximum absolute atomic E-state index is 13.3. The monoisotopic (exact) mass is 430 g/mol. The Bertz CT molecular complexity index is 928. The molecule has 6 nitrogen and oxygen atoms in total. The highest BCUT2D eigenvalue weighted by Gasteiger charge is 2.29. The lowest BCUT2D eigenvalue weighted by Gasteiger charge is -2.21. The van der Waals surface area contributed by atoms with Crippen molar-refractivity contribution in [2.45, 2.75) is 38.3 Å². The Labute approximate surface area is 179 Å². The molecule has 0 saturated heterocycles. The SMILES string of the molecule is C[C@H](NC(=O)Cc1cc(F)cc(F)c1)C(=O)N[C@H](C(=O)OCC1CC1)c1ccccc1. The summed E-state index contributed by atoms with van der Waals surface area (Å²) in [7, 11) is 0. The Kier molecular flexibility index (Phi) is 7.33. The molecule has 0 radical (unpaired) electrons. The van der Waals surface area contributed by atoms with Crippen LogP contribution in [0, 0.1) is 17.6 Å². The molecule has 31 heavy (non-hydrogen) atoms. The van der Waals surface area contributed by atoms with Crippen molar-refractivity contribution in [2.75, 3.05) is 6.61 Å². The maximum atomic E-state index is 13.3. The number of ether oxygens (including phenoxy) is 1. The first-order valence-corrected chi connectivity index (χ1v) is 10.1. The molecule has 1 fully saturated rings. The maximum Gasteiger partial charge on any atom is 0.333 e. The van der Waals surface area contributed by atoms with Crippen LogP contribution in [-0.4, -0.2) is 30.4 Å². The number of rotatable bonds is 9. The Morgan fingerprint density at radius 1 is 1.03 bits per heavy atom. The first-order chi connectivity index (χ1) is 14.8. The highest BCUT2D eigenvalue weighted by Crippen LogP contribution is 2.29. The van der Waals surface area contributed by atoms with Crippen LogP contribution < -0.4 is 10.6 Å². The van der Waals surface area contributed by atoms with Crippen LogP contribution >= 0.6 is 0 Å². The number of hydrogen-bond acceptors (Lipinski definition) is 4. The fourth-order valence-corrected chi connectivity index (χ4v) is 3.02. The molecule has 0 spiro atoms. The molecule has 1 aliphatic carbocycles. The van der Waals surface area contributed by atoms with E-state index in [4.69, 9.17) is 4.74 Å². The van der Waals surface area contributed by atoms with Crippen LogP contribution in [-0.2, 0) is 25.5 Å². The zero-order valence-electron chi connectivity index (χ0n) is 17.1. The van der Waals surface area contributed by atoms with Gasteiger partial charge in [0.05, 0.1) is 13.0 Å². The predicted molar refractivity (Wildman–Crippen MR) is 109 cm³/mol. The normalized spacial score (nSPS) is 14.9. The lowest BCUT2D eigenvalue weighted by Crippen LogP contribution is -2.47. The van der Waals surface area contributed by atoms with Crippen LogP contribution in [0.25, 0.3) is 0 Å². The number of amides is 2. The van der Waals surface area contributed by atoms with Crippen LogP contribution in [0.1, 0.15) is 36.9 Å². The Hall–Kier alpha value is -3.29. The van der Waals surface area contributed by atoms with Crippen molar-refractivity contribution in [3.8, 4) is 0 Å². The van der Waals surface area contributed by atoms with Crippen molar-refractivity contribution in [2.24, 2.45) is 5.92 Å². The summed E-state index contributed by atoms with van der Waals surface area (Å²) in [5.74, 6) is -2.94. The number of hydrogen-bond donors (Lipinski definition) is 2. The van der Waals surface area contributed by atoms with E-state index in [1.165, 1.54) is 6.92 Å². The molecule has 2 aromatic carbocycles. The molecule has 0 aliphatic heterocycles. The number of carbonyl (C=O) groups is 3. The van der Waals surface area contributed by atoms with Gasteiger partial charge < -0.3 is 15.4 Å². The molecular weight excluding hydrogens is 406 g/mol. The van der Waals surface area contributed by atoms with Gasteiger partial charge in [0.15, 0.2) is 6.04 Å². The lowest BCUT2D eigenvalue weighted by molar-refractivity contribution is -0.148. The zero-order chi connectivity index (χ0) is 22.4. The smallest absolute Gasteiger partial charge is 0.333 e. The number of nitrogens with one attached hydrogen (secondary N) is 2. The molecule has 0 unspecified atom stereocenters. The molecule has 1 saturated carbocycles. The standard InChI is InChI=1S/C23H24F2N2O4/c1-14(26-20(28)11-16-9-18(24)12-19(25)10-16)22(29)27-21(17-5-3-2-4-6-17)23(30)31-13-15-7-8-15/h2-6,9-10,12,14-15,21H,7-8,11,13H2,1H3,(H,26,28)(H,27,29)/t14-,21-/m0/s1. The van der Waals surface area contributed by atoms with Gasteiger partial charge in [-0.3, -0.25) is 9.59 Å². The van der Waals surface area contributed by atoms with E-state index in [-0.39, 0.29) is 12.0 Å². The summed E-state index contributed by atoms with van der Waals surface area (Å²) >= 11 is 0. The molecule has 0 aromatic heterocycles. The highest BCUT2D eigenvalue weighted by molar-refractivity contribution is 5.91. The van der Waals surface area contributed by atoms with Crippen LogP contribution in [0.2, 0.25) is 0 Å². The van der Waals surface area contributed by atoms with Gasteiger partial charge in [0.1, 0.15) is 17.7 Å². The second-order valence-electron chi connectivity index (χ2n) is 7.67. The third-order valence-electron chi connectivity index (χ3n) is 4.87. The topological polar surface area (TPSA) is 84.5 Å². The fraction of sp³-hybridized carbons (Fsp3) is 0.348. The number of esters is 1. The molecule has 3 rings (SSSR count). The van der Waals surface area contributed by atoms with Crippen molar-refractivity contribution < 1.29 is 27.9 Å². The van der Waals surface area contributed by atoms with E-state index in [1.54, 1.807) is 30.3 Å². The molecule has 2 aromatic rings. The van der Waals surface area contributed by atoms with Gasteiger partial charge in [0.25, 0.3) is 0 Å². The van der Waals surface area contributed by atoms with Crippen molar-refractivity contribution in [1.29, 1.82) is 0 Å². The predicted octanol–water partition coefficient (Wildman–Crippen LogP) is 2.82. The van der Waals surface area contributed by atoms with Gasteiger partial charge in [-0.25, -0.2) is 13.6 Å². The van der Waals surface area contributed by atoms with Crippen molar-refractivity contribution >= 4 is 17.8 Å². The van der Waals surface area contributed by atoms with E-state index in [9.17, 15) is 23.2 Å². The first-order valence-electron chi connectivity index (χ1n) is 10.1. The molecule has 8 heteroatoms. The van der Waals surface area contributed by atoms with Gasteiger partial charge in [0.2, 0.25) is 11.8 Å². The molecule has 1 aliphatic rings. The Morgan fingerprint density at radius 3 is 2.29 bits per heavy atom. The molecule has 0 bridgehead atoms. The average Bonchev–Trinajstić information content (AvgIpc) is 3.54. The minimum atomic E-state index is -1.01. The molecule has 164 valence electrons. The summed E-state index contributed by atoms with van der Waals surface area (Å²) < 4.78 is 31.9. The third kappa shape index (κ3) is 6.87. The summed E-state index contributed by atoms with van der Waals surface area (Å²) in [5, 5.41) is 5.09. The zero-order valence-corrected chi connectivity index (χ0v) is 17.1. The Morgan fingerprint density at radius 2 is 1.68 bits per heavy atom. The minimum Gasteiger partial charge on any atom is -0.464 e. The van der Waals surface area contributed by atoms with E-state index < -0.39 is 41.5 Å². The van der Waals surface area contributed by atoms with E-state index in [1.807, 2.05) is 0 Å². The van der Waals surface area contributed by atoms with E-state index >= 15 is 0 Å². The second kappa shape index (κ2) is 10.1. The number of carbonyl (C=O) groups excluding carboxylic acids is 3. The summed E-state index contributed by atoms with van der Waals surface area (Å²) in [5.41, 5.74) is 0.707. The summed E-state index contributed by atoms with van der Waals surface area (Å²) in [6, 6.07) is 9.49. The van der Waals surface area contributed by atoms with E-state index in [0.717, 1.165) is 25.0 Å². The van der Waals surface area contributed by atoms with Gasteiger partial charge in [-0.05, 0) is 48.9 Å². The van der Waals surface area contributed by atoms with E-state index in [2.05, 4.69) is 10.6 Å². The lowest BCUT2D eigenvalue weighted by atomic mass is 10.1. The molecule has 2 atom stereocenters. The van der Waals surface area contributed by atoms with Gasteiger partial charge in [0, 0.05) is 6.07 Å². The van der Waals surface area contributed by atoms with Crippen molar-refractivity contribution in [3.05, 3.63) is 71.3 Å². The summed E-state index contributed by atoms with van der Waals surface area (Å²) in [6.07, 6.45) is 1.75. The van der Waals surface area contributed by atoms with Crippen LogP contribution in [0.15, 0.2) is 48.5 Å². The summed E-state index contributed by atoms with van der Waals surface area (Å²) in [6.45, 7) is 1.77. The molecule has 2 amide bonds.